The maximum absolute atomic E-state index is 11.9. The summed E-state index contributed by atoms with van der Waals surface area (Å²) < 4.78 is 4.60. The van der Waals surface area contributed by atoms with E-state index in [1.807, 2.05) is 19.9 Å². The molecule has 0 spiro atoms. The lowest BCUT2D eigenvalue weighted by Crippen LogP contribution is -2.32. The quantitative estimate of drug-likeness (QED) is 0.511. The molecule has 0 bridgehead atoms. The molecule has 0 saturated heterocycles. The number of rotatable bonds is 5. The molecule has 0 aliphatic carbocycles. The fourth-order valence-electron chi connectivity index (χ4n) is 1.55. The van der Waals surface area contributed by atoms with Crippen molar-refractivity contribution in [3.63, 3.8) is 0 Å². The van der Waals surface area contributed by atoms with Crippen LogP contribution in [-0.4, -0.2) is 25.0 Å². The molecule has 0 radical (unpaired) electrons. The maximum atomic E-state index is 11.9. The van der Waals surface area contributed by atoms with Crippen LogP contribution in [-0.2, 0) is 9.53 Å². The Kier molecular flexibility index (Phi) is 6.15. The number of carbonyl (C=O) groups excluding carboxylic acids is 2. The van der Waals surface area contributed by atoms with Gasteiger partial charge in [-0.1, -0.05) is 19.1 Å². The molecule has 5 nitrogen and oxygen atoms in total. The number of carbonyl (C=O) groups is 2. The Morgan fingerprint density at radius 3 is 2.48 bits per heavy atom. The number of benzene rings is 1. The second-order valence-electron chi connectivity index (χ2n) is 4.57. The maximum Gasteiger partial charge on any atom is 0.337 e. The van der Waals surface area contributed by atoms with Gasteiger partial charge in [0.1, 0.15) is 11.6 Å². The van der Waals surface area contributed by atoms with Gasteiger partial charge in [-0.15, -0.1) is 0 Å². The van der Waals surface area contributed by atoms with Crippen LogP contribution in [0.15, 0.2) is 29.8 Å². The number of methoxy groups -OCH3 is 1. The topological polar surface area (TPSA) is 79.2 Å². The van der Waals surface area contributed by atoms with Gasteiger partial charge in [-0.3, -0.25) is 4.79 Å². The molecule has 1 rings (SSSR count). The van der Waals surface area contributed by atoms with Gasteiger partial charge >= 0.3 is 5.97 Å². The Bertz CT molecular complexity index is 583. The predicted molar refractivity (Wildman–Crippen MR) is 79.3 cm³/mol. The first-order chi connectivity index (χ1) is 10.0. The van der Waals surface area contributed by atoms with E-state index in [-0.39, 0.29) is 11.6 Å². The van der Waals surface area contributed by atoms with Gasteiger partial charge in [-0.2, -0.15) is 5.26 Å². The zero-order valence-corrected chi connectivity index (χ0v) is 12.3. The summed E-state index contributed by atoms with van der Waals surface area (Å²) in [5, 5.41) is 11.8. The molecule has 1 aromatic carbocycles. The van der Waals surface area contributed by atoms with Gasteiger partial charge in [0, 0.05) is 6.04 Å². The van der Waals surface area contributed by atoms with Gasteiger partial charge in [0.25, 0.3) is 5.91 Å². The van der Waals surface area contributed by atoms with Crippen LogP contribution in [0, 0.1) is 11.3 Å². The zero-order chi connectivity index (χ0) is 15.8. The predicted octanol–water partition coefficient (Wildman–Crippen LogP) is 2.29. The Morgan fingerprint density at radius 1 is 1.38 bits per heavy atom. The molecule has 0 saturated carbocycles. The van der Waals surface area contributed by atoms with Gasteiger partial charge < -0.3 is 10.1 Å². The summed E-state index contributed by atoms with van der Waals surface area (Å²) in [7, 11) is 1.31. The molecule has 0 aliphatic heterocycles. The Labute approximate surface area is 124 Å². The number of nitriles is 1. The van der Waals surface area contributed by atoms with E-state index in [4.69, 9.17) is 5.26 Å². The Morgan fingerprint density at radius 2 is 2.00 bits per heavy atom. The highest BCUT2D eigenvalue weighted by Crippen LogP contribution is 2.10. The van der Waals surface area contributed by atoms with Gasteiger partial charge in [-0.25, -0.2) is 4.79 Å². The van der Waals surface area contributed by atoms with Crippen molar-refractivity contribution in [1.29, 1.82) is 5.26 Å². The fourth-order valence-corrected chi connectivity index (χ4v) is 1.55. The number of hydrogen-bond donors (Lipinski definition) is 1. The van der Waals surface area contributed by atoms with Crippen LogP contribution in [0.3, 0.4) is 0 Å². The first-order valence-electron chi connectivity index (χ1n) is 6.62. The molecule has 110 valence electrons. The summed E-state index contributed by atoms with van der Waals surface area (Å²) in [6, 6.07) is 8.37. The molecule has 21 heavy (non-hydrogen) atoms. The first kappa shape index (κ1) is 16.4. The number of nitrogens with zero attached hydrogens (tertiary/aromatic N) is 1. The van der Waals surface area contributed by atoms with E-state index in [0.717, 1.165) is 6.42 Å². The number of nitrogens with one attached hydrogen (secondary N) is 1. The van der Waals surface area contributed by atoms with Crippen molar-refractivity contribution in [2.75, 3.05) is 7.11 Å². The monoisotopic (exact) mass is 286 g/mol. The van der Waals surface area contributed by atoms with E-state index in [0.29, 0.717) is 11.1 Å². The molecule has 1 aromatic rings. The summed E-state index contributed by atoms with van der Waals surface area (Å²) in [5.41, 5.74) is 1.11. The summed E-state index contributed by atoms with van der Waals surface area (Å²) in [6.45, 7) is 3.82. The molecule has 0 aliphatic rings. The average Bonchev–Trinajstić information content (AvgIpc) is 2.51. The molecule has 1 N–H and O–H groups in total. The van der Waals surface area contributed by atoms with Gasteiger partial charge in [-0.05, 0) is 37.1 Å². The number of amides is 1. The number of esters is 1. The largest absolute Gasteiger partial charge is 0.465 e. The van der Waals surface area contributed by atoms with E-state index in [9.17, 15) is 9.59 Å². The smallest absolute Gasteiger partial charge is 0.337 e. The van der Waals surface area contributed by atoms with Crippen LogP contribution >= 0.6 is 0 Å². The summed E-state index contributed by atoms with van der Waals surface area (Å²) in [4.78, 5) is 23.2. The van der Waals surface area contributed by atoms with E-state index >= 15 is 0 Å². The van der Waals surface area contributed by atoms with Crippen molar-refractivity contribution >= 4 is 18.0 Å². The molecule has 0 fully saturated rings. The Hall–Kier alpha value is -2.61. The molecule has 1 atom stereocenters. The van der Waals surface area contributed by atoms with Crippen molar-refractivity contribution in [3.05, 3.63) is 41.0 Å². The van der Waals surface area contributed by atoms with Crippen LogP contribution < -0.4 is 5.32 Å². The van der Waals surface area contributed by atoms with E-state index in [2.05, 4.69) is 10.1 Å². The molecular formula is C16H18N2O3. The van der Waals surface area contributed by atoms with Crippen LogP contribution in [0.5, 0.6) is 0 Å². The van der Waals surface area contributed by atoms with E-state index in [1.54, 1.807) is 24.3 Å². The highest BCUT2D eigenvalue weighted by molar-refractivity contribution is 6.01. The lowest BCUT2D eigenvalue weighted by atomic mass is 10.1. The highest BCUT2D eigenvalue weighted by atomic mass is 16.5. The van der Waals surface area contributed by atoms with Gasteiger partial charge in [0.2, 0.25) is 0 Å². The minimum Gasteiger partial charge on any atom is -0.465 e. The van der Waals surface area contributed by atoms with Gasteiger partial charge in [0.15, 0.2) is 0 Å². The van der Waals surface area contributed by atoms with E-state index in [1.165, 1.54) is 13.2 Å². The van der Waals surface area contributed by atoms with Crippen molar-refractivity contribution in [1.82, 2.24) is 5.32 Å². The third-order valence-corrected chi connectivity index (χ3v) is 3.00. The van der Waals surface area contributed by atoms with Gasteiger partial charge in [0.05, 0.1) is 12.7 Å². The fraction of sp³-hybridized carbons (Fsp3) is 0.312. The SMILES string of the molecule is CC[C@@H](C)NC(=O)/C(C#N)=C/c1ccc(C(=O)OC)cc1. The first-order valence-corrected chi connectivity index (χ1v) is 6.62. The summed E-state index contributed by atoms with van der Waals surface area (Å²) >= 11 is 0. The number of hydrogen-bond acceptors (Lipinski definition) is 4. The van der Waals surface area contributed by atoms with Crippen LogP contribution in [0.4, 0.5) is 0 Å². The number of ether oxygens (including phenoxy) is 1. The second-order valence-corrected chi connectivity index (χ2v) is 4.57. The van der Waals surface area contributed by atoms with Crippen molar-refractivity contribution in [2.24, 2.45) is 0 Å². The van der Waals surface area contributed by atoms with Crippen molar-refractivity contribution in [2.45, 2.75) is 26.3 Å². The minimum atomic E-state index is -0.430. The molecule has 0 aromatic heterocycles. The zero-order valence-electron chi connectivity index (χ0n) is 12.3. The van der Waals surface area contributed by atoms with Crippen molar-refractivity contribution in [3.8, 4) is 6.07 Å². The third-order valence-electron chi connectivity index (χ3n) is 3.00. The minimum absolute atomic E-state index is 0.0101. The third kappa shape index (κ3) is 4.77. The van der Waals surface area contributed by atoms with Crippen molar-refractivity contribution < 1.29 is 14.3 Å². The molecule has 5 heteroatoms. The average molecular weight is 286 g/mol. The second kappa shape index (κ2) is 7.85. The Balaban J connectivity index is 2.91. The lowest BCUT2D eigenvalue weighted by Gasteiger charge is -2.10. The van der Waals surface area contributed by atoms with Crippen LogP contribution in [0.2, 0.25) is 0 Å². The molecule has 0 heterocycles. The van der Waals surface area contributed by atoms with Crippen LogP contribution in [0.25, 0.3) is 6.08 Å². The highest BCUT2D eigenvalue weighted by Gasteiger charge is 2.11. The molecule has 1 amide bonds. The normalized spacial score (nSPS) is 12.2. The standard InChI is InChI=1S/C16H18N2O3/c1-4-11(2)18-15(19)14(10-17)9-12-5-7-13(8-6-12)16(20)21-3/h5-9,11H,4H2,1-3H3,(H,18,19)/b14-9+/t11-/m1/s1. The van der Waals surface area contributed by atoms with Crippen LogP contribution in [0.1, 0.15) is 36.2 Å². The summed E-state index contributed by atoms with van der Waals surface area (Å²) in [6.07, 6.45) is 2.27. The summed E-state index contributed by atoms with van der Waals surface area (Å²) in [5.74, 6) is -0.829. The van der Waals surface area contributed by atoms with E-state index < -0.39 is 11.9 Å². The molecular weight excluding hydrogens is 268 g/mol. The lowest BCUT2D eigenvalue weighted by molar-refractivity contribution is -0.117. The molecule has 0 unspecified atom stereocenters.